The highest BCUT2D eigenvalue weighted by Gasteiger charge is 2.30. The largest absolute Gasteiger partial charge is 0.464 e. The number of nitrogens with one attached hydrogen (secondary N) is 3. The van der Waals surface area contributed by atoms with Gasteiger partial charge in [0, 0.05) is 19.3 Å². The summed E-state index contributed by atoms with van der Waals surface area (Å²) in [7, 11) is 0. The minimum Gasteiger partial charge on any atom is -0.464 e. The number of nitrogens with zero attached hydrogens (tertiary/aromatic N) is 4. The minimum atomic E-state index is -1.42. The molecule has 0 aliphatic rings. The van der Waals surface area contributed by atoms with E-state index in [0.29, 0.717) is 45.1 Å². The Morgan fingerprint density at radius 3 is 1.39 bits per heavy atom. The van der Waals surface area contributed by atoms with Gasteiger partial charge in [0.25, 0.3) is 0 Å². The lowest BCUT2D eigenvalue weighted by molar-refractivity contribution is -0.149. The van der Waals surface area contributed by atoms with Gasteiger partial charge >= 0.3 is 24.4 Å². The van der Waals surface area contributed by atoms with E-state index in [1.165, 1.54) is 0 Å². The predicted octanol–water partition coefficient (Wildman–Crippen LogP) is 2.39. The summed E-state index contributed by atoms with van der Waals surface area (Å²) in [5.41, 5.74) is 17.5. The second kappa shape index (κ2) is 42.2. The number of esters is 2. The Morgan fingerprint density at radius 2 is 0.906 bits per heavy atom. The van der Waals surface area contributed by atoms with Crippen molar-refractivity contribution in [3.63, 3.8) is 0 Å². The molecule has 0 spiro atoms. The second-order valence-corrected chi connectivity index (χ2v) is 14.8. The van der Waals surface area contributed by atoms with Gasteiger partial charge in [-0.1, -0.05) is 78.1 Å². The molecule has 3 atom stereocenters. The smallest absolute Gasteiger partial charge is 0.328 e. The first-order valence-corrected chi connectivity index (χ1v) is 22.6. The maximum absolute atomic E-state index is 13.6. The highest BCUT2D eigenvalue weighted by atomic mass is 16.6. The topological polar surface area (TPSA) is 304 Å². The third kappa shape index (κ3) is 34.7. The average Bonchev–Trinajstić information content (AvgIpc) is 3.27. The highest BCUT2D eigenvalue weighted by Crippen LogP contribution is 2.10. The Morgan fingerprint density at radius 1 is 0.500 bits per heavy atom. The molecule has 64 heavy (non-hydrogen) atoms. The summed E-state index contributed by atoms with van der Waals surface area (Å²) < 4.78 is 32.0. The molecule has 0 aromatic heterocycles. The summed E-state index contributed by atoms with van der Waals surface area (Å²) >= 11 is 0. The van der Waals surface area contributed by atoms with Gasteiger partial charge in [-0.3, -0.25) is 24.0 Å². The predicted molar refractivity (Wildman–Crippen MR) is 232 cm³/mol. The molecule has 21 nitrogen and oxygen atoms in total. The molecule has 0 aromatic carbocycles. The first-order valence-electron chi connectivity index (χ1n) is 22.6. The number of amides is 3. The number of ether oxygens (including phenoxy) is 6. The lowest BCUT2D eigenvalue weighted by atomic mass is 10.0. The molecule has 0 aliphatic carbocycles. The number of unbranched alkanes of at least 4 members (excludes halogenated alkanes) is 10. The Kier molecular flexibility index (Phi) is 39.1. The van der Waals surface area contributed by atoms with Crippen LogP contribution in [0.5, 0.6) is 0 Å². The monoisotopic (exact) mass is 912 g/mol. The van der Waals surface area contributed by atoms with Gasteiger partial charge in [0.2, 0.25) is 29.3 Å². The normalized spacial score (nSPS) is 12.1. The quantitative estimate of drug-likeness (QED) is 0.0224. The Labute approximate surface area is 376 Å². The third-order valence-corrected chi connectivity index (χ3v) is 9.36. The van der Waals surface area contributed by atoms with Crippen molar-refractivity contribution in [3.05, 3.63) is 11.1 Å². The van der Waals surface area contributed by atoms with Crippen LogP contribution in [-0.4, -0.2) is 159 Å². The van der Waals surface area contributed by atoms with Gasteiger partial charge in [-0.25, -0.2) is 9.59 Å². The summed E-state index contributed by atoms with van der Waals surface area (Å²) in [5.74, 6) is -5.22. The van der Waals surface area contributed by atoms with Crippen molar-refractivity contribution in [1.29, 1.82) is 0 Å². The first kappa shape index (κ1) is 59.2. The fourth-order valence-electron chi connectivity index (χ4n) is 5.85. The van der Waals surface area contributed by atoms with E-state index in [1.54, 1.807) is 0 Å². The van der Waals surface area contributed by atoms with Crippen LogP contribution in [0.15, 0.2) is 0 Å². The van der Waals surface area contributed by atoms with Gasteiger partial charge < -0.3 is 60.5 Å². The molecule has 0 unspecified atom stereocenters. The van der Waals surface area contributed by atoms with Crippen LogP contribution in [0.25, 0.3) is 11.1 Å². The van der Waals surface area contributed by atoms with Crippen LogP contribution in [0.2, 0.25) is 0 Å². The van der Waals surface area contributed by atoms with Crippen LogP contribution in [0.1, 0.15) is 129 Å². The zero-order chi connectivity index (χ0) is 47.5. The van der Waals surface area contributed by atoms with Crippen molar-refractivity contribution >= 4 is 53.7 Å². The van der Waals surface area contributed by atoms with Crippen LogP contribution in [0.4, 0.5) is 0 Å². The molecule has 0 radical (unpaired) electrons. The van der Waals surface area contributed by atoms with E-state index in [1.807, 2.05) is 0 Å². The van der Waals surface area contributed by atoms with Crippen molar-refractivity contribution in [2.24, 2.45) is 0 Å². The number of rotatable bonds is 44. The van der Waals surface area contributed by atoms with Crippen LogP contribution in [0, 0.1) is 0 Å². The van der Waals surface area contributed by atoms with Gasteiger partial charge in [0.05, 0.1) is 66.1 Å². The van der Waals surface area contributed by atoms with Crippen molar-refractivity contribution in [3.8, 4) is 0 Å². The number of aliphatic hydroxyl groups excluding tert-OH is 1. The van der Waals surface area contributed by atoms with Crippen LogP contribution in [0.3, 0.4) is 0 Å². The number of aliphatic hydroxyl groups is 1. The van der Waals surface area contributed by atoms with Gasteiger partial charge in [-0.2, -0.15) is 9.58 Å². The van der Waals surface area contributed by atoms with Crippen LogP contribution >= 0.6 is 0 Å². The SMILES string of the molecule is CCCCCCCCOC(=O)[C@H](CCC(=O)N[C@@H](CCC(=O)C=[N+]=[N-])C(=O)N[C@@H](CCC(=O)C=[N+]=[N-])C(=O)OCCCCCCCC)NC(=O)COCCOCCOCCOCCO. The van der Waals surface area contributed by atoms with Crippen LogP contribution < -0.4 is 16.0 Å². The lowest BCUT2D eigenvalue weighted by Crippen LogP contribution is -2.52. The Bertz CT molecular complexity index is 1440. The summed E-state index contributed by atoms with van der Waals surface area (Å²) in [4.78, 5) is 95.8. The number of ketones is 2. The van der Waals surface area contributed by atoms with Crippen molar-refractivity contribution in [2.45, 2.75) is 148 Å². The number of hydrogen-bond acceptors (Lipinski definition) is 14. The number of Topliss-reactive ketones (excluding diaryl/α,β-unsaturated/α-hetero) is 2. The van der Waals surface area contributed by atoms with E-state index in [0.717, 1.165) is 64.2 Å². The van der Waals surface area contributed by atoms with E-state index in [9.17, 15) is 33.6 Å². The summed E-state index contributed by atoms with van der Waals surface area (Å²) in [5, 5.41) is 16.2. The number of hydrogen-bond donors (Lipinski definition) is 4. The van der Waals surface area contributed by atoms with E-state index in [4.69, 9.17) is 44.6 Å². The third-order valence-electron chi connectivity index (χ3n) is 9.36. The fraction of sp³-hybridized carbons (Fsp3) is 0.791. The number of carbonyl (C=O) groups excluding carboxylic acids is 7. The van der Waals surface area contributed by atoms with Crippen LogP contribution in [-0.2, 0) is 62.0 Å². The minimum absolute atomic E-state index is 0.0591. The standard InChI is InChI=1S/C43H73N7O14/c1-3-5-7-9-11-13-22-63-42(57)37(49-40(55)33-62-30-29-61-28-27-60-26-25-59-24-21-51)19-20-39(54)48-36(17-15-34(52)31-46-44)41(56)50-38(18-16-35(53)32-47-45)43(58)64-23-14-12-10-8-6-4-2/h31-32,36-38,51H,3-30,33H2,1-2H3,(H,48,54)(H,49,55)(H,50,56)/t36-,37-,38-/m0/s1. The Balaban J connectivity index is 5.67. The molecule has 4 N–H and O–H groups in total. The van der Waals surface area contributed by atoms with Crippen molar-refractivity contribution < 1.29 is 76.7 Å². The van der Waals surface area contributed by atoms with Gasteiger partial charge in [-0.05, 0) is 32.1 Å². The van der Waals surface area contributed by atoms with Crippen molar-refractivity contribution in [1.82, 2.24) is 16.0 Å². The molecule has 0 saturated heterocycles. The molecule has 0 rings (SSSR count). The van der Waals surface area contributed by atoms with Gasteiger partial charge in [-0.15, -0.1) is 0 Å². The fourth-order valence-corrected chi connectivity index (χ4v) is 5.85. The highest BCUT2D eigenvalue weighted by molar-refractivity contribution is 6.25. The summed E-state index contributed by atoms with van der Waals surface area (Å²) in [6, 6.07) is -4.04. The van der Waals surface area contributed by atoms with E-state index < -0.39 is 72.4 Å². The zero-order valence-corrected chi connectivity index (χ0v) is 37.9. The van der Waals surface area contributed by atoms with E-state index in [-0.39, 0.29) is 78.4 Å². The molecule has 0 heterocycles. The number of carbonyl (C=O) groups is 7. The molecule has 0 bridgehead atoms. The van der Waals surface area contributed by atoms with Gasteiger partial charge in [0.15, 0.2) is 0 Å². The average molecular weight is 912 g/mol. The van der Waals surface area contributed by atoms with Crippen molar-refractivity contribution in [2.75, 3.05) is 72.7 Å². The molecule has 0 aromatic rings. The zero-order valence-electron chi connectivity index (χ0n) is 37.9. The maximum Gasteiger partial charge on any atom is 0.328 e. The molecular formula is C43H73N7O14. The summed E-state index contributed by atoms with van der Waals surface area (Å²) in [6.45, 7) is 5.59. The maximum atomic E-state index is 13.6. The first-order chi connectivity index (χ1) is 31.0. The summed E-state index contributed by atoms with van der Waals surface area (Å²) in [6.07, 6.45) is 10.7. The molecular weight excluding hydrogens is 839 g/mol. The molecule has 0 aliphatic heterocycles. The molecule has 364 valence electrons. The second-order valence-electron chi connectivity index (χ2n) is 14.8. The van der Waals surface area contributed by atoms with E-state index in [2.05, 4.69) is 39.4 Å². The lowest BCUT2D eigenvalue weighted by Gasteiger charge is -2.23. The molecule has 21 heteroatoms. The van der Waals surface area contributed by atoms with Gasteiger partial charge in [0.1, 0.15) is 24.7 Å². The molecule has 0 fully saturated rings. The molecule has 0 saturated carbocycles. The van der Waals surface area contributed by atoms with E-state index >= 15 is 0 Å². The Hall–Kier alpha value is -4.75. The molecule has 3 amide bonds.